The van der Waals surface area contributed by atoms with Crippen LogP contribution >= 0.6 is 0 Å². The van der Waals surface area contributed by atoms with Crippen molar-refractivity contribution < 1.29 is 9.59 Å². The molecule has 0 aliphatic heterocycles. The summed E-state index contributed by atoms with van der Waals surface area (Å²) in [5, 5.41) is 10.2. The third-order valence-corrected chi connectivity index (χ3v) is 5.62. The Labute approximate surface area is 194 Å². The van der Waals surface area contributed by atoms with Gasteiger partial charge in [-0.05, 0) is 37.6 Å². The minimum absolute atomic E-state index is 0.0193. The molecule has 34 heavy (non-hydrogen) atoms. The zero-order chi connectivity index (χ0) is 24.2. The quantitative estimate of drug-likeness (QED) is 0.414. The fourth-order valence-electron chi connectivity index (χ4n) is 3.69. The molecular formula is C24H26N6O4. The molecule has 0 saturated heterocycles. The molecule has 4 rings (SSSR count). The fraction of sp³-hybridized carbons (Fsp3) is 0.292. The lowest BCUT2D eigenvalue weighted by molar-refractivity contribution is -0.122. The maximum Gasteiger partial charge on any atom is 0.352 e. The van der Waals surface area contributed by atoms with Gasteiger partial charge in [-0.15, -0.1) is 5.10 Å². The molecule has 2 amide bonds. The van der Waals surface area contributed by atoms with Gasteiger partial charge < -0.3 is 10.6 Å². The van der Waals surface area contributed by atoms with Crippen LogP contribution < -0.4 is 21.9 Å². The van der Waals surface area contributed by atoms with Gasteiger partial charge in [0.15, 0.2) is 0 Å². The molecule has 0 aliphatic rings. The number of hydrogen-bond donors (Lipinski definition) is 2. The highest BCUT2D eigenvalue weighted by molar-refractivity contribution is 5.90. The standard InChI is InChI=1S/C24H26N6O4/c1-3-16(2)25-20(31)13-14-28-22(33)18-11-7-8-12-19(18)30-23(28)27-29(24(30)34)15-21(32)26-17-9-5-4-6-10-17/h4-12,16H,3,13-15H2,1-2H3,(H,25,31)(H,26,32). The molecule has 0 radical (unpaired) electrons. The SMILES string of the molecule is CCC(C)NC(=O)CCn1c(=O)c2ccccc2n2c(=O)n(CC(=O)Nc3ccccc3)nc12. The van der Waals surface area contributed by atoms with Gasteiger partial charge in [0.2, 0.25) is 17.6 Å². The summed E-state index contributed by atoms with van der Waals surface area (Å²) in [4.78, 5) is 51.3. The Balaban J connectivity index is 1.72. The zero-order valence-electron chi connectivity index (χ0n) is 19.0. The van der Waals surface area contributed by atoms with Crippen LogP contribution in [-0.4, -0.2) is 36.6 Å². The molecule has 1 unspecified atom stereocenters. The highest BCUT2D eigenvalue weighted by Gasteiger charge is 2.19. The van der Waals surface area contributed by atoms with E-state index in [0.29, 0.717) is 16.6 Å². The van der Waals surface area contributed by atoms with E-state index in [9.17, 15) is 19.2 Å². The molecule has 10 nitrogen and oxygen atoms in total. The van der Waals surface area contributed by atoms with Crippen molar-refractivity contribution in [3.8, 4) is 0 Å². The Hall–Kier alpha value is -4.21. The molecular weight excluding hydrogens is 436 g/mol. The summed E-state index contributed by atoms with van der Waals surface area (Å²) in [6.07, 6.45) is 0.838. The van der Waals surface area contributed by atoms with Crippen LogP contribution in [0.1, 0.15) is 26.7 Å². The van der Waals surface area contributed by atoms with Gasteiger partial charge in [0.05, 0.1) is 10.9 Å². The number of benzene rings is 2. The largest absolute Gasteiger partial charge is 0.354 e. The van der Waals surface area contributed by atoms with Crippen LogP contribution in [0.25, 0.3) is 16.7 Å². The Morgan fingerprint density at radius 3 is 2.44 bits per heavy atom. The first-order valence-electron chi connectivity index (χ1n) is 11.1. The van der Waals surface area contributed by atoms with E-state index in [1.807, 2.05) is 19.9 Å². The van der Waals surface area contributed by atoms with Crippen LogP contribution in [0.15, 0.2) is 64.2 Å². The number of para-hydroxylation sites is 2. The second kappa shape index (κ2) is 9.74. The van der Waals surface area contributed by atoms with Crippen molar-refractivity contribution >= 4 is 34.2 Å². The molecule has 176 valence electrons. The van der Waals surface area contributed by atoms with Crippen LogP contribution in [0.4, 0.5) is 5.69 Å². The Bertz CT molecular complexity index is 1470. The first-order chi connectivity index (χ1) is 16.4. The number of nitrogens with one attached hydrogen (secondary N) is 2. The van der Waals surface area contributed by atoms with E-state index in [1.165, 1.54) is 8.97 Å². The van der Waals surface area contributed by atoms with Crippen LogP contribution in [0, 0.1) is 0 Å². The van der Waals surface area contributed by atoms with Crippen LogP contribution in [0.5, 0.6) is 0 Å². The highest BCUT2D eigenvalue weighted by atomic mass is 16.2. The van der Waals surface area contributed by atoms with E-state index >= 15 is 0 Å². The van der Waals surface area contributed by atoms with Crippen molar-refractivity contribution in [1.29, 1.82) is 0 Å². The lowest BCUT2D eigenvalue weighted by Gasteiger charge is -2.12. The molecule has 0 fully saturated rings. The number of aryl methyl sites for hydroxylation is 1. The highest BCUT2D eigenvalue weighted by Crippen LogP contribution is 2.11. The van der Waals surface area contributed by atoms with Gasteiger partial charge in [-0.2, -0.15) is 0 Å². The number of hydrogen-bond acceptors (Lipinski definition) is 5. The molecule has 0 saturated carbocycles. The number of aromatic nitrogens is 4. The number of carbonyl (C=O) groups excluding carboxylic acids is 2. The number of rotatable bonds is 8. The number of nitrogens with zero attached hydrogens (tertiary/aromatic N) is 4. The maximum absolute atomic E-state index is 13.2. The van der Waals surface area contributed by atoms with Gasteiger partial charge in [-0.25, -0.2) is 13.9 Å². The average molecular weight is 463 g/mol. The van der Waals surface area contributed by atoms with E-state index < -0.39 is 11.6 Å². The molecule has 2 aromatic heterocycles. The Morgan fingerprint density at radius 1 is 1.00 bits per heavy atom. The van der Waals surface area contributed by atoms with E-state index in [-0.39, 0.29) is 42.8 Å². The number of anilines is 1. The monoisotopic (exact) mass is 462 g/mol. The second-order valence-electron chi connectivity index (χ2n) is 8.09. The summed E-state index contributed by atoms with van der Waals surface area (Å²) in [6, 6.07) is 15.6. The predicted molar refractivity (Wildman–Crippen MR) is 129 cm³/mol. The molecule has 0 aliphatic carbocycles. The minimum Gasteiger partial charge on any atom is -0.354 e. The van der Waals surface area contributed by atoms with Crippen molar-refractivity contribution in [2.75, 3.05) is 5.32 Å². The van der Waals surface area contributed by atoms with Crippen LogP contribution in [-0.2, 0) is 22.7 Å². The van der Waals surface area contributed by atoms with E-state index in [2.05, 4.69) is 15.7 Å². The first kappa shape index (κ1) is 23.0. The third kappa shape index (κ3) is 4.61. The van der Waals surface area contributed by atoms with Gasteiger partial charge in [-0.1, -0.05) is 37.3 Å². The van der Waals surface area contributed by atoms with Crippen LogP contribution in [0.2, 0.25) is 0 Å². The molecule has 2 N–H and O–H groups in total. The van der Waals surface area contributed by atoms with Crippen molar-refractivity contribution in [3.63, 3.8) is 0 Å². The summed E-state index contributed by atoms with van der Waals surface area (Å²) in [5.74, 6) is -0.544. The molecule has 10 heteroatoms. The topological polar surface area (TPSA) is 120 Å². The first-order valence-corrected chi connectivity index (χ1v) is 11.1. The van der Waals surface area contributed by atoms with E-state index in [4.69, 9.17) is 0 Å². The molecule has 2 aromatic carbocycles. The molecule has 4 aromatic rings. The Morgan fingerprint density at radius 2 is 1.71 bits per heavy atom. The van der Waals surface area contributed by atoms with E-state index in [1.54, 1.807) is 48.5 Å². The van der Waals surface area contributed by atoms with Gasteiger partial charge in [-0.3, -0.25) is 19.0 Å². The zero-order valence-corrected chi connectivity index (χ0v) is 19.0. The van der Waals surface area contributed by atoms with Crippen LogP contribution in [0.3, 0.4) is 0 Å². The minimum atomic E-state index is -0.549. The third-order valence-electron chi connectivity index (χ3n) is 5.62. The molecule has 2 heterocycles. The van der Waals surface area contributed by atoms with Gasteiger partial charge in [0, 0.05) is 24.7 Å². The average Bonchev–Trinajstić information content (AvgIpc) is 3.15. The van der Waals surface area contributed by atoms with Gasteiger partial charge >= 0.3 is 5.69 Å². The maximum atomic E-state index is 13.2. The summed E-state index contributed by atoms with van der Waals surface area (Å²) >= 11 is 0. The van der Waals surface area contributed by atoms with Crippen molar-refractivity contribution in [1.82, 2.24) is 24.1 Å². The molecule has 1 atom stereocenters. The van der Waals surface area contributed by atoms with Gasteiger partial charge in [0.25, 0.3) is 5.56 Å². The predicted octanol–water partition coefficient (Wildman–Crippen LogP) is 1.75. The smallest absolute Gasteiger partial charge is 0.352 e. The summed E-state index contributed by atoms with van der Waals surface area (Å²) < 4.78 is 3.64. The second-order valence-corrected chi connectivity index (χ2v) is 8.09. The van der Waals surface area contributed by atoms with Crippen molar-refractivity contribution in [3.05, 3.63) is 75.4 Å². The number of carbonyl (C=O) groups is 2. The van der Waals surface area contributed by atoms with E-state index in [0.717, 1.165) is 11.1 Å². The number of amides is 2. The Kier molecular flexibility index (Phi) is 6.58. The van der Waals surface area contributed by atoms with Crippen molar-refractivity contribution in [2.24, 2.45) is 0 Å². The van der Waals surface area contributed by atoms with Crippen molar-refractivity contribution in [2.45, 2.75) is 45.8 Å². The molecule has 0 bridgehead atoms. The number of fused-ring (bicyclic) bond motifs is 3. The lowest BCUT2D eigenvalue weighted by atomic mass is 10.2. The molecule has 0 spiro atoms. The summed E-state index contributed by atoms with van der Waals surface area (Å²) in [7, 11) is 0. The summed E-state index contributed by atoms with van der Waals surface area (Å²) in [5.41, 5.74) is 0.0825. The summed E-state index contributed by atoms with van der Waals surface area (Å²) in [6.45, 7) is 3.59. The lowest BCUT2D eigenvalue weighted by Crippen LogP contribution is -2.34. The van der Waals surface area contributed by atoms with Gasteiger partial charge in [0.1, 0.15) is 6.54 Å². The fourth-order valence-corrected chi connectivity index (χ4v) is 3.69. The normalized spacial score (nSPS) is 12.1.